The van der Waals surface area contributed by atoms with Crippen LogP contribution in [0.5, 0.6) is 0 Å². The van der Waals surface area contributed by atoms with Crippen LogP contribution in [0.25, 0.3) is 5.69 Å². The van der Waals surface area contributed by atoms with Crippen molar-refractivity contribution >= 4 is 33.8 Å². The summed E-state index contributed by atoms with van der Waals surface area (Å²) in [5, 5.41) is 17.9. The van der Waals surface area contributed by atoms with Crippen molar-refractivity contribution in [1.29, 1.82) is 0 Å². The predicted octanol–water partition coefficient (Wildman–Crippen LogP) is 3.58. The number of thiophene rings is 1. The van der Waals surface area contributed by atoms with E-state index in [0.717, 1.165) is 11.3 Å². The summed E-state index contributed by atoms with van der Waals surface area (Å²) in [6.07, 6.45) is 0. The Morgan fingerprint density at radius 3 is 2.50 bits per heavy atom. The first-order valence-electron chi connectivity index (χ1n) is 8.74. The zero-order valence-electron chi connectivity index (χ0n) is 16.4. The molecule has 0 aliphatic heterocycles. The van der Waals surface area contributed by atoms with E-state index < -0.39 is 5.41 Å². The lowest BCUT2D eigenvalue weighted by molar-refractivity contribution is -0.123. The van der Waals surface area contributed by atoms with Gasteiger partial charge in [-0.25, -0.2) is 0 Å². The summed E-state index contributed by atoms with van der Waals surface area (Å²) in [5.74, 6) is 0.325. The van der Waals surface area contributed by atoms with Crippen molar-refractivity contribution < 1.29 is 9.59 Å². The lowest BCUT2D eigenvalue weighted by atomic mass is 9.96. The zero-order valence-corrected chi connectivity index (χ0v) is 17.2. The van der Waals surface area contributed by atoms with Crippen LogP contribution >= 0.6 is 11.3 Å². The van der Waals surface area contributed by atoms with Crippen LogP contribution in [-0.4, -0.2) is 32.0 Å². The fourth-order valence-corrected chi connectivity index (χ4v) is 3.41. The average molecular weight is 398 g/mol. The number of carbonyl (C=O) groups excluding carboxylic acids is 2. The Hall–Kier alpha value is -3.07. The minimum atomic E-state index is -0.505. The summed E-state index contributed by atoms with van der Waals surface area (Å²) in [4.78, 5) is 25.5. The van der Waals surface area contributed by atoms with E-state index >= 15 is 0 Å². The number of benzene rings is 1. The van der Waals surface area contributed by atoms with E-state index in [0.29, 0.717) is 21.4 Å². The number of carbonyl (C=O) groups is 2. The quantitative estimate of drug-likeness (QED) is 0.699. The van der Waals surface area contributed by atoms with Gasteiger partial charge >= 0.3 is 0 Å². The number of aromatic nitrogens is 4. The third-order valence-electron chi connectivity index (χ3n) is 4.02. The minimum absolute atomic E-state index is 0.0924. The molecule has 1 aromatic carbocycles. The Labute approximate surface area is 167 Å². The van der Waals surface area contributed by atoms with E-state index in [1.54, 1.807) is 23.7 Å². The lowest BCUT2D eigenvalue weighted by Gasteiger charge is -2.16. The average Bonchev–Trinajstić information content (AvgIpc) is 3.19. The second kappa shape index (κ2) is 7.51. The molecule has 8 nitrogen and oxygen atoms in total. The Bertz CT molecular complexity index is 1030. The SMILES string of the molecule is Cc1cc(NC(=O)C(C)(C)C)sc1C(=O)Nc1cccc(-n2nnnc2C)c1. The molecule has 9 heteroatoms. The number of anilines is 2. The van der Waals surface area contributed by atoms with Crippen LogP contribution in [0.3, 0.4) is 0 Å². The molecule has 0 fully saturated rings. The van der Waals surface area contributed by atoms with Crippen LogP contribution < -0.4 is 10.6 Å². The van der Waals surface area contributed by atoms with Crippen molar-refractivity contribution in [3.63, 3.8) is 0 Å². The Morgan fingerprint density at radius 1 is 1.11 bits per heavy atom. The van der Waals surface area contributed by atoms with Crippen LogP contribution in [0.1, 0.15) is 41.8 Å². The fourth-order valence-electron chi connectivity index (χ4n) is 2.44. The molecule has 28 heavy (non-hydrogen) atoms. The number of rotatable bonds is 4. The molecule has 0 saturated carbocycles. The zero-order chi connectivity index (χ0) is 20.5. The van der Waals surface area contributed by atoms with Crippen LogP contribution in [-0.2, 0) is 4.79 Å². The molecule has 0 bridgehead atoms. The minimum Gasteiger partial charge on any atom is -0.321 e. The molecule has 0 spiro atoms. The molecule has 0 atom stereocenters. The van der Waals surface area contributed by atoms with Crippen molar-refractivity contribution in [3.8, 4) is 5.69 Å². The number of nitrogens with zero attached hydrogens (tertiary/aromatic N) is 4. The maximum Gasteiger partial charge on any atom is 0.266 e. The first-order chi connectivity index (χ1) is 13.1. The van der Waals surface area contributed by atoms with E-state index in [2.05, 4.69) is 26.2 Å². The summed E-state index contributed by atoms with van der Waals surface area (Å²) in [7, 11) is 0. The molecule has 146 valence electrons. The summed E-state index contributed by atoms with van der Waals surface area (Å²) < 4.78 is 1.59. The van der Waals surface area contributed by atoms with Gasteiger partial charge in [-0.15, -0.1) is 16.4 Å². The molecule has 3 aromatic rings. The van der Waals surface area contributed by atoms with Gasteiger partial charge in [-0.3, -0.25) is 9.59 Å². The first-order valence-corrected chi connectivity index (χ1v) is 9.55. The summed E-state index contributed by atoms with van der Waals surface area (Å²) in [5.41, 5.74) is 1.68. The van der Waals surface area contributed by atoms with Crippen molar-refractivity contribution in [2.45, 2.75) is 34.6 Å². The van der Waals surface area contributed by atoms with E-state index in [1.807, 2.05) is 45.9 Å². The van der Waals surface area contributed by atoms with Crippen LogP contribution in [0.4, 0.5) is 10.7 Å². The molecule has 2 amide bonds. The van der Waals surface area contributed by atoms with Gasteiger partial charge in [0, 0.05) is 11.1 Å². The summed E-state index contributed by atoms with van der Waals surface area (Å²) in [6, 6.07) is 9.08. The molecule has 3 rings (SSSR count). The van der Waals surface area contributed by atoms with Gasteiger partial charge in [-0.2, -0.15) is 4.68 Å². The molecule has 0 aliphatic carbocycles. The van der Waals surface area contributed by atoms with Crippen LogP contribution in [0.2, 0.25) is 0 Å². The maximum atomic E-state index is 12.7. The molecule has 0 unspecified atom stereocenters. The monoisotopic (exact) mass is 398 g/mol. The number of aryl methyl sites for hydroxylation is 2. The standard InChI is InChI=1S/C19H22N6O2S/c1-11-9-15(21-18(27)19(3,4)5)28-16(11)17(26)20-13-7-6-8-14(10-13)25-12(2)22-23-24-25/h6-10H,1-5H3,(H,20,26)(H,21,27). The normalized spacial score (nSPS) is 11.3. The third-order valence-corrected chi connectivity index (χ3v) is 5.17. The highest BCUT2D eigenvalue weighted by Gasteiger charge is 2.23. The van der Waals surface area contributed by atoms with Gasteiger partial charge in [0.25, 0.3) is 5.91 Å². The lowest BCUT2D eigenvalue weighted by Crippen LogP contribution is -2.27. The van der Waals surface area contributed by atoms with Crippen LogP contribution in [0.15, 0.2) is 30.3 Å². The van der Waals surface area contributed by atoms with Crippen molar-refractivity contribution in [2.75, 3.05) is 10.6 Å². The van der Waals surface area contributed by atoms with E-state index in [4.69, 9.17) is 0 Å². The summed E-state index contributed by atoms with van der Waals surface area (Å²) >= 11 is 1.25. The third kappa shape index (κ3) is 4.25. The Balaban J connectivity index is 1.77. The molecule has 0 saturated heterocycles. The predicted molar refractivity (Wildman–Crippen MR) is 109 cm³/mol. The first kappa shape index (κ1) is 19.7. The Morgan fingerprint density at radius 2 is 1.86 bits per heavy atom. The molecular weight excluding hydrogens is 376 g/mol. The van der Waals surface area contributed by atoms with Crippen molar-refractivity contribution in [1.82, 2.24) is 20.2 Å². The molecule has 2 N–H and O–H groups in total. The smallest absolute Gasteiger partial charge is 0.266 e. The van der Waals surface area contributed by atoms with Gasteiger partial charge in [0.15, 0.2) is 5.82 Å². The van der Waals surface area contributed by atoms with Crippen molar-refractivity contribution in [2.24, 2.45) is 5.41 Å². The maximum absolute atomic E-state index is 12.7. The van der Waals surface area contributed by atoms with E-state index in [1.165, 1.54) is 11.3 Å². The number of amides is 2. The van der Waals surface area contributed by atoms with Gasteiger partial charge in [0.1, 0.15) is 0 Å². The second-order valence-corrected chi connectivity index (χ2v) is 8.52. The second-order valence-electron chi connectivity index (χ2n) is 7.47. The summed E-state index contributed by atoms with van der Waals surface area (Å²) in [6.45, 7) is 9.17. The topological polar surface area (TPSA) is 102 Å². The Kier molecular flexibility index (Phi) is 5.28. The van der Waals surface area contributed by atoms with Crippen LogP contribution in [0, 0.1) is 19.3 Å². The molecule has 0 radical (unpaired) electrons. The van der Waals surface area contributed by atoms with Gasteiger partial charge < -0.3 is 10.6 Å². The highest BCUT2D eigenvalue weighted by atomic mass is 32.1. The molecule has 0 aliphatic rings. The number of hydrogen-bond donors (Lipinski definition) is 2. The van der Waals surface area contributed by atoms with Gasteiger partial charge in [0.05, 0.1) is 15.6 Å². The largest absolute Gasteiger partial charge is 0.321 e. The van der Waals surface area contributed by atoms with Gasteiger partial charge in [-0.05, 0) is 54.1 Å². The van der Waals surface area contributed by atoms with Crippen molar-refractivity contribution in [3.05, 3.63) is 46.6 Å². The van der Waals surface area contributed by atoms with E-state index in [9.17, 15) is 9.59 Å². The number of hydrogen-bond acceptors (Lipinski definition) is 6. The molecule has 2 aromatic heterocycles. The highest BCUT2D eigenvalue weighted by molar-refractivity contribution is 7.18. The number of tetrazole rings is 1. The van der Waals surface area contributed by atoms with Gasteiger partial charge in [0.2, 0.25) is 5.91 Å². The fraction of sp³-hybridized carbons (Fsp3) is 0.316. The highest BCUT2D eigenvalue weighted by Crippen LogP contribution is 2.29. The molecule has 2 heterocycles. The van der Waals surface area contributed by atoms with Gasteiger partial charge in [-0.1, -0.05) is 26.8 Å². The molecular formula is C19H22N6O2S. The number of nitrogens with one attached hydrogen (secondary N) is 2. The van der Waals surface area contributed by atoms with E-state index in [-0.39, 0.29) is 11.8 Å².